The molecule has 33 heavy (non-hydrogen) atoms. The quantitative estimate of drug-likeness (QED) is 0.391. The number of nitrogens with zero attached hydrogens (tertiary/aromatic N) is 3. The molecule has 0 fully saturated rings. The predicted molar refractivity (Wildman–Crippen MR) is 126 cm³/mol. The Morgan fingerprint density at radius 3 is 2.27 bits per heavy atom. The van der Waals surface area contributed by atoms with Crippen molar-refractivity contribution in [2.24, 2.45) is 5.10 Å². The van der Waals surface area contributed by atoms with Gasteiger partial charge in [0.05, 0.1) is 22.5 Å². The lowest BCUT2D eigenvalue weighted by molar-refractivity contribution is -0.119. The van der Waals surface area contributed by atoms with Gasteiger partial charge in [-0.25, -0.2) is 13.8 Å². The van der Waals surface area contributed by atoms with Crippen LogP contribution in [0.4, 0.5) is 11.4 Å². The number of aromatic nitrogens is 1. The highest BCUT2D eigenvalue weighted by molar-refractivity contribution is 7.92. The molecule has 0 spiro atoms. The maximum atomic E-state index is 13.2. The fourth-order valence-electron chi connectivity index (χ4n) is 2.91. The highest BCUT2D eigenvalue weighted by Gasteiger charge is 2.27. The third kappa shape index (κ3) is 6.23. The first-order chi connectivity index (χ1) is 15.8. The first-order valence-electron chi connectivity index (χ1n) is 9.96. The van der Waals surface area contributed by atoms with Crippen LogP contribution in [0.2, 0.25) is 0 Å². The summed E-state index contributed by atoms with van der Waals surface area (Å²) < 4.78 is 27.4. The summed E-state index contributed by atoms with van der Waals surface area (Å²) in [5, 5.41) is 6.75. The third-order valence-corrected chi connectivity index (χ3v) is 6.31. The molecule has 10 heteroatoms. The van der Waals surface area contributed by atoms with Crippen molar-refractivity contribution in [1.82, 2.24) is 10.4 Å². The van der Waals surface area contributed by atoms with Crippen LogP contribution in [-0.4, -0.2) is 37.5 Å². The molecule has 0 unspecified atom stereocenters. The molecule has 1 aromatic heterocycles. The molecule has 0 aliphatic rings. The molecule has 2 N–H and O–H groups in total. The molecule has 0 bridgehead atoms. The van der Waals surface area contributed by atoms with Crippen LogP contribution >= 0.6 is 0 Å². The Morgan fingerprint density at radius 2 is 1.67 bits per heavy atom. The van der Waals surface area contributed by atoms with Gasteiger partial charge in [0.1, 0.15) is 6.54 Å². The summed E-state index contributed by atoms with van der Waals surface area (Å²) in [5.41, 5.74) is 4.54. The second kappa shape index (κ2) is 10.5. The number of carbonyl (C=O) groups excluding carboxylic acids is 2. The van der Waals surface area contributed by atoms with Crippen LogP contribution in [0, 0.1) is 0 Å². The fraction of sp³-hybridized carbons (Fsp3) is 0.130. The first-order valence-corrected chi connectivity index (χ1v) is 11.4. The van der Waals surface area contributed by atoms with E-state index < -0.39 is 22.5 Å². The van der Waals surface area contributed by atoms with Crippen molar-refractivity contribution >= 4 is 38.9 Å². The smallest absolute Gasteiger partial charge is 0.264 e. The van der Waals surface area contributed by atoms with Crippen LogP contribution < -0.4 is 15.0 Å². The summed E-state index contributed by atoms with van der Waals surface area (Å²) in [6.07, 6.45) is 2.89. The summed E-state index contributed by atoms with van der Waals surface area (Å²) in [4.78, 5) is 27.8. The van der Waals surface area contributed by atoms with E-state index in [1.165, 1.54) is 31.5 Å². The number of carbonyl (C=O) groups is 2. The van der Waals surface area contributed by atoms with Crippen molar-refractivity contribution in [1.29, 1.82) is 0 Å². The van der Waals surface area contributed by atoms with Gasteiger partial charge in [0.15, 0.2) is 0 Å². The van der Waals surface area contributed by atoms with Gasteiger partial charge in [-0.15, -0.1) is 0 Å². The number of hydrazone groups is 1. The first kappa shape index (κ1) is 23.6. The highest BCUT2D eigenvalue weighted by atomic mass is 32.2. The van der Waals surface area contributed by atoms with E-state index in [-0.39, 0.29) is 16.5 Å². The molecular formula is C23H23N5O4S. The van der Waals surface area contributed by atoms with E-state index in [0.29, 0.717) is 11.4 Å². The maximum Gasteiger partial charge on any atom is 0.264 e. The Hall–Kier alpha value is -4.05. The van der Waals surface area contributed by atoms with Gasteiger partial charge in [-0.3, -0.25) is 18.9 Å². The topological polar surface area (TPSA) is 121 Å². The van der Waals surface area contributed by atoms with E-state index in [4.69, 9.17) is 0 Å². The van der Waals surface area contributed by atoms with E-state index >= 15 is 0 Å². The molecule has 2 amide bonds. The molecule has 0 aliphatic heterocycles. The Bertz CT molecular complexity index is 1250. The number of benzene rings is 2. The average Bonchev–Trinajstić information content (AvgIpc) is 2.82. The molecule has 0 aliphatic carbocycles. The number of amides is 2. The number of nitrogens with one attached hydrogen (secondary N) is 2. The summed E-state index contributed by atoms with van der Waals surface area (Å²) in [7, 11) is -4.01. The predicted octanol–water partition coefficient (Wildman–Crippen LogP) is 2.78. The second-order valence-corrected chi connectivity index (χ2v) is 8.89. The molecule has 0 saturated carbocycles. The van der Waals surface area contributed by atoms with E-state index in [0.717, 1.165) is 9.87 Å². The van der Waals surface area contributed by atoms with Crippen molar-refractivity contribution in [3.63, 3.8) is 0 Å². The Labute approximate surface area is 192 Å². The van der Waals surface area contributed by atoms with Crippen molar-refractivity contribution < 1.29 is 18.0 Å². The molecule has 9 nitrogen and oxygen atoms in total. The number of hydrogen-bond acceptors (Lipinski definition) is 6. The zero-order valence-corrected chi connectivity index (χ0v) is 18.9. The number of hydrogen-bond donors (Lipinski definition) is 2. The van der Waals surface area contributed by atoms with Crippen molar-refractivity contribution in [2.45, 2.75) is 18.7 Å². The molecule has 3 aromatic rings. The monoisotopic (exact) mass is 465 g/mol. The van der Waals surface area contributed by atoms with Crippen LogP contribution in [0.3, 0.4) is 0 Å². The van der Waals surface area contributed by atoms with Gasteiger partial charge in [0.25, 0.3) is 15.9 Å². The standard InChI is InChI=1S/C23H23N5O4S/c1-17(19-10-12-20(13-11-19)25-18(2)29)26-27-23(30)16-28(21-7-6-14-24-15-21)33(31,32)22-8-4-3-5-9-22/h3-15H,16H2,1-2H3,(H,25,29)(H,27,30)/b26-17-. The van der Waals surface area contributed by atoms with Gasteiger partial charge in [0, 0.05) is 18.8 Å². The van der Waals surface area contributed by atoms with Crippen molar-refractivity contribution in [3.8, 4) is 0 Å². The summed E-state index contributed by atoms with van der Waals surface area (Å²) >= 11 is 0. The molecule has 3 rings (SSSR count). The maximum absolute atomic E-state index is 13.2. The number of anilines is 2. The van der Waals surface area contributed by atoms with Crippen LogP contribution in [0.25, 0.3) is 0 Å². The molecule has 1 heterocycles. The Kier molecular flexibility index (Phi) is 7.52. The van der Waals surface area contributed by atoms with Gasteiger partial charge >= 0.3 is 0 Å². The van der Waals surface area contributed by atoms with Crippen LogP contribution in [0.15, 0.2) is 89.1 Å². The second-order valence-electron chi connectivity index (χ2n) is 7.03. The average molecular weight is 466 g/mol. The largest absolute Gasteiger partial charge is 0.326 e. The van der Waals surface area contributed by atoms with Crippen LogP contribution in [0.5, 0.6) is 0 Å². The van der Waals surface area contributed by atoms with E-state index in [1.807, 2.05) is 0 Å². The fourth-order valence-corrected chi connectivity index (χ4v) is 4.34. The molecule has 0 atom stereocenters. The Balaban J connectivity index is 1.77. The van der Waals surface area contributed by atoms with Gasteiger partial charge in [-0.1, -0.05) is 30.3 Å². The van der Waals surface area contributed by atoms with Gasteiger partial charge < -0.3 is 5.32 Å². The number of rotatable bonds is 8. The molecular weight excluding hydrogens is 442 g/mol. The highest BCUT2D eigenvalue weighted by Crippen LogP contribution is 2.22. The number of pyridine rings is 1. The minimum absolute atomic E-state index is 0.0561. The van der Waals surface area contributed by atoms with Gasteiger partial charge in [0.2, 0.25) is 5.91 Å². The van der Waals surface area contributed by atoms with Gasteiger partial charge in [-0.05, 0) is 48.9 Å². The Morgan fingerprint density at radius 1 is 0.970 bits per heavy atom. The summed E-state index contributed by atoms with van der Waals surface area (Å²) in [6, 6.07) is 17.9. The van der Waals surface area contributed by atoms with Gasteiger partial charge in [-0.2, -0.15) is 5.10 Å². The molecule has 170 valence electrons. The lowest BCUT2D eigenvalue weighted by atomic mass is 10.1. The normalized spacial score (nSPS) is 11.5. The SMILES string of the molecule is CC(=O)Nc1ccc(/C(C)=N\NC(=O)CN(c2cccnc2)S(=O)(=O)c2ccccc2)cc1. The zero-order chi connectivity index (χ0) is 23.8. The van der Waals surface area contributed by atoms with Crippen LogP contribution in [-0.2, 0) is 19.6 Å². The molecule has 0 saturated heterocycles. The van der Waals surface area contributed by atoms with E-state index in [2.05, 4.69) is 20.8 Å². The summed E-state index contributed by atoms with van der Waals surface area (Å²) in [5.74, 6) is -0.795. The minimum Gasteiger partial charge on any atom is -0.326 e. The van der Waals surface area contributed by atoms with Crippen molar-refractivity contribution in [2.75, 3.05) is 16.2 Å². The molecule has 2 aromatic carbocycles. The third-order valence-electron chi connectivity index (χ3n) is 4.52. The lowest BCUT2D eigenvalue weighted by Gasteiger charge is -2.23. The van der Waals surface area contributed by atoms with E-state index in [1.54, 1.807) is 61.5 Å². The zero-order valence-electron chi connectivity index (χ0n) is 18.1. The van der Waals surface area contributed by atoms with E-state index in [9.17, 15) is 18.0 Å². The molecule has 0 radical (unpaired) electrons. The minimum atomic E-state index is -4.01. The van der Waals surface area contributed by atoms with Crippen molar-refractivity contribution in [3.05, 3.63) is 84.7 Å². The number of sulfonamides is 1. The summed E-state index contributed by atoms with van der Waals surface area (Å²) in [6.45, 7) is 2.64. The lowest BCUT2D eigenvalue weighted by Crippen LogP contribution is -2.39. The van der Waals surface area contributed by atoms with Crippen LogP contribution in [0.1, 0.15) is 19.4 Å².